The van der Waals surface area contributed by atoms with Crippen LogP contribution in [-0.2, 0) is 9.59 Å². The van der Waals surface area contributed by atoms with Crippen molar-refractivity contribution in [2.45, 2.75) is 45.1 Å². The molecular weight excluding hydrogens is 366 g/mol. The summed E-state index contributed by atoms with van der Waals surface area (Å²) in [4.78, 5) is 24.6. The molecule has 0 aliphatic heterocycles. The molecule has 2 aromatic rings. The van der Waals surface area contributed by atoms with Crippen LogP contribution in [-0.4, -0.2) is 22.6 Å². The lowest BCUT2D eigenvalue weighted by Gasteiger charge is -2.20. The second kappa shape index (κ2) is 9.98. The number of nitrogens with zero attached hydrogens (tertiary/aromatic N) is 1. The fraction of sp³-hybridized carbons (Fsp3) is 0.348. The molecule has 152 valence electrons. The van der Waals surface area contributed by atoms with Crippen LogP contribution in [0.4, 0.5) is 5.69 Å². The van der Waals surface area contributed by atoms with Gasteiger partial charge in [0.15, 0.2) is 6.10 Å². The number of amides is 2. The lowest BCUT2D eigenvalue weighted by Crippen LogP contribution is -2.26. The maximum absolute atomic E-state index is 12.4. The van der Waals surface area contributed by atoms with Crippen LogP contribution < -0.4 is 10.7 Å². The van der Waals surface area contributed by atoms with Gasteiger partial charge in [-0.3, -0.25) is 9.59 Å². The van der Waals surface area contributed by atoms with Crippen LogP contribution in [0, 0.1) is 5.92 Å². The van der Waals surface area contributed by atoms with E-state index >= 15 is 0 Å². The molecule has 6 heteroatoms. The van der Waals surface area contributed by atoms with Gasteiger partial charge in [-0.2, -0.15) is 5.10 Å². The Morgan fingerprint density at radius 3 is 2.48 bits per heavy atom. The largest absolute Gasteiger partial charge is 0.378 e. The Morgan fingerprint density at radius 1 is 1.03 bits per heavy atom. The van der Waals surface area contributed by atoms with E-state index in [1.807, 2.05) is 30.3 Å². The molecule has 1 fully saturated rings. The number of carbonyl (C=O) groups excluding carboxylic acids is 2. The Labute approximate surface area is 171 Å². The van der Waals surface area contributed by atoms with Gasteiger partial charge in [0.05, 0.1) is 5.71 Å². The highest BCUT2D eigenvalue weighted by Crippen LogP contribution is 2.25. The van der Waals surface area contributed by atoms with Gasteiger partial charge < -0.3 is 10.4 Å². The van der Waals surface area contributed by atoms with Gasteiger partial charge in [-0.15, -0.1) is 0 Å². The van der Waals surface area contributed by atoms with Crippen molar-refractivity contribution in [1.82, 2.24) is 5.43 Å². The quantitative estimate of drug-likeness (QED) is 0.515. The van der Waals surface area contributed by atoms with Crippen molar-refractivity contribution in [2.75, 3.05) is 5.32 Å². The zero-order valence-corrected chi connectivity index (χ0v) is 16.6. The molecular formula is C23H27N3O3. The Morgan fingerprint density at radius 2 is 1.76 bits per heavy atom. The molecule has 0 spiro atoms. The highest BCUT2D eigenvalue weighted by atomic mass is 16.3. The van der Waals surface area contributed by atoms with Crippen molar-refractivity contribution in [3.8, 4) is 0 Å². The van der Waals surface area contributed by atoms with E-state index in [4.69, 9.17) is 0 Å². The third kappa shape index (κ3) is 5.74. The monoisotopic (exact) mass is 393 g/mol. The summed E-state index contributed by atoms with van der Waals surface area (Å²) in [5.41, 5.74) is 4.97. The molecule has 1 aliphatic rings. The Balaban J connectivity index is 1.61. The van der Waals surface area contributed by atoms with E-state index in [9.17, 15) is 14.7 Å². The van der Waals surface area contributed by atoms with Crippen molar-refractivity contribution in [2.24, 2.45) is 11.0 Å². The number of anilines is 1. The number of hydrazone groups is 1. The summed E-state index contributed by atoms with van der Waals surface area (Å²) in [6.07, 6.45) is 4.04. The highest BCUT2D eigenvalue weighted by Gasteiger charge is 2.21. The van der Waals surface area contributed by atoms with Crippen LogP contribution in [0.15, 0.2) is 59.7 Å². The third-order valence-corrected chi connectivity index (χ3v) is 5.22. The number of rotatable bonds is 6. The van der Waals surface area contributed by atoms with Gasteiger partial charge in [-0.05, 0) is 43.0 Å². The van der Waals surface area contributed by atoms with Crippen LogP contribution in [0.2, 0.25) is 0 Å². The van der Waals surface area contributed by atoms with Crippen LogP contribution >= 0.6 is 0 Å². The Bertz CT molecular complexity index is 874. The van der Waals surface area contributed by atoms with Gasteiger partial charge in [-0.1, -0.05) is 61.7 Å². The molecule has 0 radical (unpaired) electrons. The van der Waals surface area contributed by atoms with E-state index in [0.29, 0.717) is 17.0 Å². The minimum atomic E-state index is -1.28. The van der Waals surface area contributed by atoms with Crippen molar-refractivity contribution in [3.63, 3.8) is 0 Å². The number of hydrogen-bond donors (Lipinski definition) is 3. The first-order valence-corrected chi connectivity index (χ1v) is 10.0. The first-order valence-electron chi connectivity index (χ1n) is 10.0. The number of nitrogens with one attached hydrogen (secondary N) is 2. The van der Waals surface area contributed by atoms with E-state index in [-0.39, 0.29) is 11.8 Å². The van der Waals surface area contributed by atoms with Crippen molar-refractivity contribution >= 4 is 23.2 Å². The predicted molar refractivity (Wildman–Crippen MR) is 113 cm³/mol. The molecule has 1 saturated carbocycles. The molecule has 1 atom stereocenters. The molecule has 0 heterocycles. The molecule has 0 bridgehead atoms. The second-order valence-electron chi connectivity index (χ2n) is 7.39. The summed E-state index contributed by atoms with van der Waals surface area (Å²) in [5, 5.41) is 17.2. The van der Waals surface area contributed by atoms with Gasteiger partial charge >= 0.3 is 0 Å². The molecule has 0 unspecified atom stereocenters. The molecule has 29 heavy (non-hydrogen) atoms. The van der Waals surface area contributed by atoms with E-state index < -0.39 is 12.0 Å². The van der Waals surface area contributed by atoms with Crippen LogP contribution in [0.25, 0.3) is 0 Å². The molecule has 1 aliphatic carbocycles. The maximum Gasteiger partial charge on any atom is 0.273 e. The Kier molecular flexibility index (Phi) is 7.14. The summed E-state index contributed by atoms with van der Waals surface area (Å²) < 4.78 is 0. The number of benzene rings is 2. The van der Waals surface area contributed by atoms with Crippen LogP contribution in [0.5, 0.6) is 0 Å². The number of aliphatic hydroxyl groups excluding tert-OH is 1. The minimum absolute atomic E-state index is 0.0655. The van der Waals surface area contributed by atoms with Crippen molar-refractivity contribution in [1.29, 1.82) is 0 Å². The molecule has 0 saturated heterocycles. The molecule has 0 aromatic heterocycles. The smallest absolute Gasteiger partial charge is 0.273 e. The lowest BCUT2D eigenvalue weighted by atomic mass is 9.88. The predicted octanol–water partition coefficient (Wildman–Crippen LogP) is 3.78. The van der Waals surface area contributed by atoms with E-state index in [1.54, 1.807) is 31.2 Å². The zero-order valence-electron chi connectivity index (χ0n) is 16.6. The number of hydrogen-bond acceptors (Lipinski definition) is 4. The van der Waals surface area contributed by atoms with Gasteiger partial charge in [0.1, 0.15) is 0 Å². The van der Waals surface area contributed by atoms with E-state index in [0.717, 1.165) is 31.2 Å². The van der Waals surface area contributed by atoms with Gasteiger partial charge in [0.25, 0.3) is 5.91 Å². The van der Waals surface area contributed by atoms with E-state index in [1.165, 1.54) is 6.42 Å². The van der Waals surface area contributed by atoms with Crippen molar-refractivity contribution in [3.05, 3.63) is 65.7 Å². The molecule has 3 N–H and O–H groups in total. The summed E-state index contributed by atoms with van der Waals surface area (Å²) in [5.74, 6) is -0.450. The summed E-state index contributed by atoms with van der Waals surface area (Å²) in [6, 6.07) is 16.1. The molecule has 2 aromatic carbocycles. The first-order chi connectivity index (χ1) is 14.0. The van der Waals surface area contributed by atoms with Gasteiger partial charge in [-0.25, -0.2) is 5.43 Å². The van der Waals surface area contributed by atoms with Gasteiger partial charge in [0, 0.05) is 11.6 Å². The average Bonchev–Trinajstić information content (AvgIpc) is 2.78. The topological polar surface area (TPSA) is 90.8 Å². The summed E-state index contributed by atoms with van der Waals surface area (Å²) in [7, 11) is 0. The van der Waals surface area contributed by atoms with Crippen molar-refractivity contribution < 1.29 is 14.7 Å². The average molecular weight is 393 g/mol. The fourth-order valence-corrected chi connectivity index (χ4v) is 3.48. The number of carbonyl (C=O) groups is 2. The van der Waals surface area contributed by atoms with Crippen LogP contribution in [0.3, 0.4) is 0 Å². The normalized spacial score (nSPS) is 16.1. The fourth-order valence-electron chi connectivity index (χ4n) is 3.48. The minimum Gasteiger partial charge on any atom is -0.378 e. The van der Waals surface area contributed by atoms with E-state index in [2.05, 4.69) is 15.8 Å². The SMILES string of the molecule is C/C(=N\NC(=O)[C@H](O)c1ccccc1)c1cccc(NC(=O)C2CCCCC2)c1. The standard InChI is InChI=1S/C23H27N3O3/c1-16(25-26-23(29)21(27)17-9-4-2-5-10-17)19-13-8-14-20(15-19)24-22(28)18-11-6-3-7-12-18/h2,4-5,8-10,13-15,18,21,27H,3,6-7,11-12H2,1H3,(H,24,28)(H,26,29)/b25-16+/t21-/m1/s1. The third-order valence-electron chi connectivity index (χ3n) is 5.22. The molecule has 3 rings (SSSR count). The maximum atomic E-state index is 12.4. The summed E-state index contributed by atoms with van der Waals surface area (Å²) >= 11 is 0. The number of aliphatic hydroxyl groups is 1. The molecule has 2 amide bonds. The summed E-state index contributed by atoms with van der Waals surface area (Å²) in [6.45, 7) is 1.76. The zero-order chi connectivity index (χ0) is 20.6. The van der Waals surface area contributed by atoms with Crippen LogP contribution in [0.1, 0.15) is 56.3 Å². The lowest BCUT2D eigenvalue weighted by molar-refractivity contribution is -0.129. The second-order valence-corrected chi connectivity index (χ2v) is 7.39. The molecule has 6 nitrogen and oxygen atoms in total. The Hall–Kier alpha value is -2.99. The first kappa shape index (κ1) is 20.7. The highest BCUT2D eigenvalue weighted by molar-refractivity contribution is 6.01. The van der Waals surface area contributed by atoms with Gasteiger partial charge in [0.2, 0.25) is 5.91 Å².